The van der Waals surface area contributed by atoms with Crippen molar-refractivity contribution in [1.82, 2.24) is 4.90 Å². The van der Waals surface area contributed by atoms with Crippen molar-refractivity contribution in [3.63, 3.8) is 0 Å². The number of aliphatic hydroxyl groups is 2. The smallest absolute Gasteiger partial charge is 0.257 e. The molecular formula is C24H30N2O3. The highest BCUT2D eigenvalue weighted by molar-refractivity contribution is 5.97. The number of amides is 1. The van der Waals surface area contributed by atoms with Crippen LogP contribution in [0.25, 0.3) is 0 Å². The first-order chi connectivity index (χ1) is 14.0. The molecule has 2 aromatic rings. The molecule has 3 N–H and O–H groups in total. The molecule has 29 heavy (non-hydrogen) atoms. The van der Waals surface area contributed by atoms with Crippen molar-refractivity contribution in [2.24, 2.45) is 0 Å². The molecule has 1 aliphatic carbocycles. The van der Waals surface area contributed by atoms with Gasteiger partial charge in [0.25, 0.3) is 5.91 Å². The van der Waals surface area contributed by atoms with Crippen LogP contribution >= 0.6 is 0 Å². The second-order valence-corrected chi connectivity index (χ2v) is 8.46. The van der Waals surface area contributed by atoms with E-state index < -0.39 is 11.7 Å². The van der Waals surface area contributed by atoms with Crippen molar-refractivity contribution in [1.29, 1.82) is 0 Å². The van der Waals surface area contributed by atoms with E-state index in [1.54, 1.807) is 0 Å². The third kappa shape index (κ3) is 4.69. The van der Waals surface area contributed by atoms with Crippen LogP contribution in [-0.2, 0) is 17.8 Å². The van der Waals surface area contributed by atoms with Gasteiger partial charge in [0.05, 0.1) is 6.10 Å². The Morgan fingerprint density at radius 3 is 2.79 bits per heavy atom. The fourth-order valence-corrected chi connectivity index (χ4v) is 4.55. The largest absolute Gasteiger partial charge is 0.388 e. The number of fused-ring (bicyclic) bond motifs is 1. The van der Waals surface area contributed by atoms with Crippen LogP contribution in [0, 0.1) is 0 Å². The summed E-state index contributed by atoms with van der Waals surface area (Å²) in [5.74, 6) is -0.363. The van der Waals surface area contributed by atoms with Crippen molar-refractivity contribution >= 4 is 11.6 Å². The summed E-state index contributed by atoms with van der Waals surface area (Å²) in [6.07, 6.45) is 4.55. The van der Waals surface area contributed by atoms with Gasteiger partial charge in [0.1, 0.15) is 0 Å². The van der Waals surface area contributed by atoms with Crippen molar-refractivity contribution in [2.45, 2.75) is 56.8 Å². The Labute approximate surface area is 172 Å². The second kappa shape index (κ2) is 8.66. The quantitative estimate of drug-likeness (QED) is 0.695. The molecule has 154 valence electrons. The molecule has 1 aliphatic heterocycles. The van der Waals surface area contributed by atoms with Gasteiger partial charge in [-0.3, -0.25) is 9.69 Å². The normalized spacial score (nSPS) is 25.1. The Balaban J connectivity index is 1.44. The fraction of sp³-hybridized carbons (Fsp3) is 0.458. The predicted molar refractivity (Wildman–Crippen MR) is 113 cm³/mol. The number of carbonyl (C=O) groups excluding carboxylic acids is 1. The number of hydrogen-bond acceptors (Lipinski definition) is 4. The molecule has 2 aliphatic rings. The molecule has 1 fully saturated rings. The van der Waals surface area contributed by atoms with Crippen LogP contribution in [0.4, 0.5) is 5.69 Å². The van der Waals surface area contributed by atoms with E-state index in [0.29, 0.717) is 18.7 Å². The highest BCUT2D eigenvalue weighted by Crippen LogP contribution is 2.31. The van der Waals surface area contributed by atoms with Crippen LogP contribution in [0.3, 0.4) is 0 Å². The number of anilines is 1. The third-order valence-electron chi connectivity index (χ3n) is 6.16. The van der Waals surface area contributed by atoms with Gasteiger partial charge in [-0.15, -0.1) is 0 Å². The average Bonchev–Trinajstić information content (AvgIpc) is 2.90. The molecule has 1 saturated heterocycles. The van der Waals surface area contributed by atoms with Crippen LogP contribution in [0.2, 0.25) is 0 Å². The molecule has 2 aromatic carbocycles. The van der Waals surface area contributed by atoms with E-state index in [1.807, 2.05) is 36.4 Å². The average molecular weight is 395 g/mol. The lowest BCUT2D eigenvalue weighted by Crippen LogP contribution is -2.54. The Bertz CT molecular complexity index is 854. The van der Waals surface area contributed by atoms with E-state index in [1.165, 1.54) is 5.56 Å². The summed E-state index contributed by atoms with van der Waals surface area (Å²) in [6.45, 7) is 1.91. The maximum Gasteiger partial charge on any atom is 0.257 e. The lowest BCUT2D eigenvalue weighted by atomic mass is 9.91. The highest BCUT2D eigenvalue weighted by atomic mass is 16.3. The Morgan fingerprint density at radius 2 is 1.97 bits per heavy atom. The minimum atomic E-state index is -1.40. The zero-order valence-corrected chi connectivity index (χ0v) is 16.8. The molecule has 2 unspecified atom stereocenters. The zero-order valence-electron chi connectivity index (χ0n) is 16.8. The number of likely N-dealkylation sites (tertiary alicyclic amines) is 1. The molecular weight excluding hydrogens is 364 g/mol. The summed E-state index contributed by atoms with van der Waals surface area (Å²) in [4.78, 5) is 15.1. The minimum absolute atomic E-state index is 0.321. The fourth-order valence-electron chi connectivity index (χ4n) is 4.55. The lowest BCUT2D eigenvalue weighted by Gasteiger charge is -2.38. The lowest BCUT2D eigenvalue weighted by molar-refractivity contribution is -0.140. The number of rotatable bonds is 4. The summed E-state index contributed by atoms with van der Waals surface area (Å²) in [5.41, 5.74) is 2.47. The van der Waals surface area contributed by atoms with Gasteiger partial charge in [-0.1, -0.05) is 42.8 Å². The summed E-state index contributed by atoms with van der Waals surface area (Å²) in [7, 11) is 0. The van der Waals surface area contributed by atoms with Gasteiger partial charge in [-0.05, 0) is 67.5 Å². The standard InChI is InChI=1S/C24H30N2O3/c27-22-10-5-4-9-19-11-12-20(15-21(19)22)25-23(28)24(29)13-6-14-26(17-24)16-18-7-2-1-3-8-18/h1-3,7-8,11-12,15,22,27,29H,4-6,9-10,13-14,16-17H2,(H,25,28). The minimum Gasteiger partial charge on any atom is -0.388 e. The summed E-state index contributed by atoms with van der Waals surface area (Å²) >= 11 is 0. The molecule has 1 heterocycles. The van der Waals surface area contributed by atoms with Gasteiger partial charge >= 0.3 is 0 Å². The molecule has 0 bridgehead atoms. The van der Waals surface area contributed by atoms with E-state index in [4.69, 9.17) is 0 Å². The summed E-state index contributed by atoms with van der Waals surface area (Å²) in [5, 5.41) is 24.4. The molecule has 0 aromatic heterocycles. The van der Waals surface area contributed by atoms with Crippen molar-refractivity contribution in [3.05, 3.63) is 65.2 Å². The number of hydrogen-bond donors (Lipinski definition) is 3. The molecule has 1 amide bonds. The van der Waals surface area contributed by atoms with Gasteiger partial charge in [0.2, 0.25) is 0 Å². The van der Waals surface area contributed by atoms with E-state index in [2.05, 4.69) is 22.3 Å². The number of β-amino-alcohol motifs (C(OH)–C–C–N with tert-alkyl or cyclic N) is 1. The zero-order chi connectivity index (χ0) is 20.3. The number of piperidine rings is 1. The van der Waals surface area contributed by atoms with Gasteiger partial charge < -0.3 is 15.5 Å². The SMILES string of the molecule is O=C(Nc1ccc2c(c1)C(O)CCCC2)C1(O)CCCN(Cc2ccccc2)C1. The topological polar surface area (TPSA) is 72.8 Å². The summed E-state index contributed by atoms with van der Waals surface area (Å²) in [6, 6.07) is 15.9. The van der Waals surface area contributed by atoms with Crippen LogP contribution in [-0.4, -0.2) is 39.7 Å². The number of nitrogens with one attached hydrogen (secondary N) is 1. The molecule has 0 spiro atoms. The van der Waals surface area contributed by atoms with Gasteiger partial charge in [-0.2, -0.15) is 0 Å². The van der Waals surface area contributed by atoms with E-state index in [-0.39, 0.29) is 5.91 Å². The molecule has 2 atom stereocenters. The van der Waals surface area contributed by atoms with Crippen LogP contribution < -0.4 is 5.32 Å². The van der Waals surface area contributed by atoms with Crippen molar-refractivity contribution < 1.29 is 15.0 Å². The van der Waals surface area contributed by atoms with E-state index in [0.717, 1.165) is 56.3 Å². The number of benzene rings is 2. The molecule has 0 radical (unpaired) electrons. The maximum absolute atomic E-state index is 13.0. The Kier molecular flexibility index (Phi) is 5.99. The van der Waals surface area contributed by atoms with Gasteiger partial charge in [-0.25, -0.2) is 0 Å². The highest BCUT2D eigenvalue weighted by Gasteiger charge is 2.40. The Hall–Kier alpha value is -2.21. The first-order valence-electron chi connectivity index (χ1n) is 10.6. The number of aryl methyl sites for hydroxylation is 1. The third-order valence-corrected chi connectivity index (χ3v) is 6.16. The van der Waals surface area contributed by atoms with Crippen LogP contribution in [0.15, 0.2) is 48.5 Å². The van der Waals surface area contributed by atoms with E-state index in [9.17, 15) is 15.0 Å². The molecule has 5 heteroatoms. The van der Waals surface area contributed by atoms with Gasteiger partial charge in [0, 0.05) is 18.8 Å². The van der Waals surface area contributed by atoms with Crippen molar-refractivity contribution in [3.8, 4) is 0 Å². The van der Waals surface area contributed by atoms with E-state index >= 15 is 0 Å². The van der Waals surface area contributed by atoms with Crippen molar-refractivity contribution in [2.75, 3.05) is 18.4 Å². The Morgan fingerprint density at radius 1 is 1.14 bits per heavy atom. The van der Waals surface area contributed by atoms with Crippen LogP contribution in [0.5, 0.6) is 0 Å². The first-order valence-corrected chi connectivity index (χ1v) is 10.6. The number of aliphatic hydroxyl groups excluding tert-OH is 1. The molecule has 5 nitrogen and oxygen atoms in total. The van der Waals surface area contributed by atoms with Crippen LogP contribution in [0.1, 0.15) is 54.9 Å². The first kappa shape index (κ1) is 20.1. The summed E-state index contributed by atoms with van der Waals surface area (Å²) < 4.78 is 0. The monoisotopic (exact) mass is 394 g/mol. The second-order valence-electron chi connectivity index (χ2n) is 8.46. The maximum atomic E-state index is 13.0. The van der Waals surface area contributed by atoms with Gasteiger partial charge in [0.15, 0.2) is 5.60 Å². The predicted octanol–water partition coefficient (Wildman–Crippen LogP) is 3.41. The molecule has 0 saturated carbocycles. The number of nitrogens with zero attached hydrogens (tertiary/aromatic N) is 1. The number of carbonyl (C=O) groups is 1. The molecule has 4 rings (SSSR count).